The van der Waals surface area contributed by atoms with Crippen molar-refractivity contribution in [1.82, 2.24) is 9.03 Å². The normalized spacial score (nSPS) is 18.6. The third-order valence-electron chi connectivity index (χ3n) is 3.45. The molecule has 1 aliphatic rings. The van der Waals surface area contributed by atoms with Crippen LogP contribution in [0.3, 0.4) is 0 Å². The molecule has 0 bridgehead atoms. The third kappa shape index (κ3) is 3.99. The number of hydrogen-bond acceptors (Lipinski definition) is 2. The summed E-state index contributed by atoms with van der Waals surface area (Å²) in [6.45, 7) is 3.46. The highest BCUT2D eigenvalue weighted by molar-refractivity contribution is 7.87. The van der Waals surface area contributed by atoms with E-state index in [1.54, 1.807) is 12.1 Å². The second-order valence-electron chi connectivity index (χ2n) is 5.03. The number of nitrogens with zero attached hydrogens (tertiary/aromatic N) is 1. The van der Waals surface area contributed by atoms with Crippen LogP contribution in [0.5, 0.6) is 0 Å². The maximum atomic E-state index is 12.7. The number of benzene rings is 1. The van der Waals surface area contributed by atoms with E-state index in [0.29, 0.717) is 19.0 Å². The lowest BCUT2D eigenvalue weighted by Crippen LogP contribution is -2.44. The Morgan fingerprint density at radius 1 is 1.26 bits per heavy atom. The van der Waals surface area contributed by atoms with Crippen molar-refractivity contribution >= 4 is 10.2 Å². The zero-order valence-electron chi connectivity index (χ0n) is 11.0. The van der Waals surface area contributed by atoms with E-state index in [4.69, 9.17) is 0 Å². The Kier molecular flexibility index (Phi) is 4.54. The van der Waals surface area contributed by atoms with Crippen LogP contribution in [0.15, 0.2) is 24.3 Å². The Morgan fingerprint density at radius 2 is 1.84 bits per heavy atom. The fourth-order valence-electron chi connectivity index (χ4n) is 2.09. The molecule has 0 aromatic heterocycles. The summed E-state index contributed by atoms with van der Waals surface area (Å²) in [5.74, 6) is 0.264. The van der Waals surface area contributed by atoms with Crippen molar-refractivity contribution in [2.75, 3.05) is 13.1 Å². The van der Waals surface area contributed by atoms with Gasteiger partial charge in [-0.15, -0.1) is 0 Å². The van der Waals surface area contributed by atoms with Crippen LogP contribution in [0.1, 0.15) is 25.3 Å². The molecule has 0 radical (unpaired) electrons. The van der Waals surface area contributed by atoms with Gasteiger partial charge in [0.05, 0.1) is 0 Å². The highest BCUT2D eigenvalue weighted by Crippen LogP contribution is 2.18. The van der Waals surface area contributed by atoms with Crippen molar-refractivity contribution in [1.29, 1.82) is 0 Å². The average Bonchev–Trinajstić information content (AvgIpc) is 2.39. The molecule has 1 saturated heterocycles. The van der Waals surface area contributed by atoms with E-state index in [9.17, 15) is 12.8 Å². The molecule has 0 aliphatic carbocycles. The van der Waals surface area contributed by atoms with Crippen molar-refractivity contribution in [3.8, 4) is 0 Å². The highest BCUT2D eigenvalue weighted by atomic mass is 32.2. The minimum Gasteiger partial charge on any atom is -0.207 e. The first kappa shape index (κ1) is 14.4. The van der Waals surface area contributed by atoms with Gasteiger partial charge < -0.3 is 0 Å². The molecule has 0 unspecified atom stereocenters. The van der Waals surface area contributed by atoms with Gasteiger partial charge in [-0.3, -0.25) is 0 Å². The smallest absolute Gasteiger partial charge is 0.207 e. The summed E-state index contributed by atoms with van der Waals surface area (Å²) in [6.07, 6.45) is 1.80. The lowest BCUT2D eigenvalue weighted by Gasteiger charge is -2.29. The van der Waals surface area contributed by atoms with Crippen molar-refractivity contribution in [3.63, 3.8) is 0 Å². The Balaban J connectivity index is 1.92. The van der Waals surface area contributed by atoms with Crippen LogP contribution < -0.4 is 4.72 Å². The molecule has 1 aromatic rings. The molecule has 0 spiro atoms. The monoisotopic (exact) mass is 286 g/mol. The first-order chi connectivity index (χ1) is 8.97. The Bertz CT molecular complexity index is 508. The van der Waals surface area contributed by atoms with Crippen LogP contribution >= 0.6 is 0 Å². The van der Waals surface area contributed by atoms with Gasteiger partial charge in [-0.05, 0) is 36.5 Å². The van der Waals surface area contributed by atoms with Crippen LogP contribution in [0.25, 0.3) is 0 Å². The Morgan fingerprint density at radius 3 is 2.42 bits per heavy atom. The predicted octanol–water partition coefficient (Wildman–Crippen LogP) is 1.89. The number of rotatable bonds is 4. The summed E-state index contributed by atoms with van der Waals surface area (Å²) in [7, 11) is -3.43. The summed E-state index contributed by atoms with van der Waals surface area (Å²) in [4.78, 5) is 0. The van der Waals surface area contributed by atoms with Gasteiger partial charge in [0, 0.05) is 19.6 Å². The number of nitrogens with one attached hydrogen (secondary N) is 1. The number of piperidine rings is 1. The molecule has 2 rings (SSSR count). The molecular formula is C13H19FN2O2S. The maximum absolute atomic E-state index is 12.7. The summed E-state index contributed by atoms with van der Waals surface area (Å²) >= 11 is 0. The van der Waals surface area contributed by atoms with Crippen molar-refractivity contribution < 1.29 is 12.8 Å². The van der Waals surface area contributed by atoms with Crippen LogP contribution in [0, 0.1) is 11.7 Å². The standard InChI is InChI=1S/C13H19FN2O2S/c1-11-6-8-16(9-7-11)19(17,18)15-10-12-2-4-13(14)5-3-12/h2-5,11,15H,6-10H2,1H3. The van der Waals surface area contributed by atoms with Crippen molar-refractivity contribution in [3.05, 3.63) is 35.6 Å². The SMILES string of the molecule is CC1CCN(S(=O)(=O)NCc2ccc(F)cc2)CC1. The summed E-state index contributed by atoms with van der Waals surface area (Å²) in [5.41, 5.74) is 0.746. The molecular weight excluding hydrogens is 267 g/mol. The second-order valence-corrected chi connectivity index (χ2v) is 6.79. The van der Waals surface area contributed by atoms with Crippen LogP contribution in [-0.4, -0.2) is 25.8 Å². The van der Waals surface area contributed by atoms with E-state index >= 15 is 0 Å². The van der Waals surface area contributed by atoms with Gasteiger partial charge in [-0.1, -0.05) is 19.1 Å². The van der Waals surface area contributed by atoms with Crippen LogP contribution in [-0.2, 0) is 16.8 Å². The molecule has 1 fully saturated rings. The molecule has 0 amide bonds. The summed E-state index contributed by atoms with van der Waals surface area (Å²) in [6, 6.07) is 5.81. The van der Waals surface area contributed by atoms with E-state index in [0.717, 1.165) is 18.4 Å². The molecule has 1 N–H and O–H groups in total. The molecule has 4 nitrogen and oxygen atoms in total. The second kappa shape index (κ2) is 5.98. The molecule has 0 saturated carbocycles. The molecule has 1 aliphatic heterocycles. The van der Waals surface area contributed by atoms with Gasteiger partial charge in [-0.2, -0.15) is 17.4 Å². The van der Waals surface area contributed by atoms with E-state index in [2.05, 4.69) is 11.6 Å². The fourth-order valence-corrected chi connectivity index (χ4v) is 3.32. The Hall–Kier alpha value is -0.980. The van der Waals surface area contributed by atoms with E-state index in [-0.39, 0.29) is 12.4 Å². The molecule has 106 valence electrons. The molecule has 6 heteroatoms. The van der Waals surface area contributed by atoms with Gasteiger partial charge in [-0.25, -0.2) is 4.39 Å². The fraction of sp³-hybridized carbons (Fsp3) is 0.538. The van der Waals surface area contributed by atoms with Crippen molar-refractivity contribution in [2.45, 2.75) is 26.3 Å². The Labute approximate surface area is 113 Å². The lowest BCUT2D eigenvalue weighted by molar-refractivity contribution is 0.285. The third-order valence-corrected chi connectivity index (χ3v) is 5.01. The van der Waals surface area contributed by atoms with E-state index in [1.165, 1.54) is 16.4 Å². The van der Waals surface area contributed by atoms with Crippen molar-refractivity contribution in [2.24, 2.45) is 5.92 Å². The van der Waals surface area contributed by atoms with Gasteiger partial charge in [0.25, 0.3) is 10.2 Å². The minimum absolute atomic E-state index is 0.189. The molecule has 19 heavy (non-hydrogen) atoms. The summed E-state index contributed by atoms with van der Waals surface area (Å²) in [5, 5.41) is 0. The predicted molar refractivity (Wildman–Crippen MR) is 72.1 cm³/mol. The van der Waals surface area contributed by atoms with Gasteiger partial charge in [0.2, 0.25) is 0 Å². The molecule has 1 heterocycles. The number of hydrogen-bond donors (Lipinski definition) is 1. The van der Waals surface area contributed by atoms with E-state index < -0.39 is 10.2 Å². The van der Waals surface area contributed by atoms with Gasteiger partial charge in [0.1, 0.15) is 5.82 Å². The first-order valence-electron chi connectivity index (χ1n) is 6.46. The first-order valence-corrected chi connectivity index (χ1v) is 7.90. The van der Waals surface area contributed by atoms with Crippen LogP contribution in [0.4, 0.5) is 4.39 Å². The molecule has 0 atom stereocenters. The highest BCUT2D eigenvalue weighted by Gasteiger charge is 2.25. The van der Waals surface area contributed by atoms with Gasteiger partial charge in [0.15, 0.2) is 0 Å². The summed E-state index contributed by atoms with van der Waals surface area (Å²) < 4.78 is 40.9. The minimum atomic E-state index is -3.43. The zero-order valence-corrected chi connectivity index (χ0v) is 11.8. The van der Waals surface area contributed by atoms with Crippen LogP contribution in [0.2, 0.25) is 0 Å². The molecule has 1 aromatic carbocycles. The largest absolute Gasteiger partial charge is 0.279 e. The number of halogens is 1. The topological polar surface area (TPSA) is 49.4 Å². The average molecular weight is 286 g/mol. The van der Waals surface area contributed by atoms with E-state index in [1.807, 2.05) is 0 Å². The zero-order chi connectivity index (χ0) is 13.9. The lowest BCUT2D eigenvalue weighted by atomic mass is 10.0. The quantitative estimate of drug-likeness (QED) is 0.919. The van der Waals surface area contributed by atoms with Gasteiger partial charge >= 0.3 is 0 Å². The maximum Gasteiger partial charge on any atom is 0.279 e.